The third kappa shape index (κ3) is 6.44. The van der Waals surface area contributed by atoms with E-state index in [4.69, 9.17) is 9.47 Å². The number of carbonyl (C=O) groups is 2. The summed E-state index contributed by atoms with van der Waals surface area (Å²) in [6.07, 6.45) is -1.13. The van der Waals surface area contributed by atoms with E-state index in [-0.39, 0.29) is 18.8 Å². The van der Waals surface area contributed by atoms with Crippen molar-refractivity contribution in [1.29, 1.82) is 0 Å². The highest BCUT2D eigenvalue weighted by Crippen LogP contribution is 2.19. The summed E-state index contributed by atoms with van der Waals surface area (Å²) in [5, 5.41) is 12.3. The number of phenols is 1. The lowest BCUT2D eigenvalue weighted by molar-refractivity contribution is 0.0324. The number of amides is 2. The van der Waals surface area contributed by atoms with Gasteiger partial charge < -0.3 is 19.9 Å². The molecule has 0 radical (unpaired) electrons. The van der Waals surface area contributed by atoms with Crippen LogP contribution in [0, 0.1) is 0 Å². The molecule has 1 aliphatic heterocycles. The van der Waals surface area contributed by atoms with E-state index >= 15 is 0 Å². The Kier molecular flexibility index (Phi) is 6.21. The van der Waals surface area contributed by atoms with E-state index in [9.17, 15) is 14.7 Å². The Morgan fingerprint density at radius 2 is 1.64 bits per heavy atom. The van der Waals surface area contributed by atoms with Crippen LogP contribution >= 0.6 is 0 Å². The number of nitrogens with zero attached hydrogens (tertiary/aromatic N) is 2. The molecule has 0 fully saturated rings. The fourth-order valence-corrected chi connectivity index (χ4v) is 2.55. The highest BCUT2D eigenvalue weighted by molar-refractivity contribution is 6.07. The highest BCUT2D eigenvalue weighted by Gasteiger charge is 2.33. The molecule has 154 valence electrons. The molecule has 0 saturated heterocycles. The Bertz CT molecular complexity index is 745. The molecule has 0 aliphatic carbocycles. The van der Waals surface area contributed by atoms with Gasteiger partial charge in [-0.3, -0.25) is 9.89 Å². The van der Waals surface area contributed by atoms with Gasteiger partial charge in [-0.1, -0.05) is 0 Å². The molecule has 1 aromatic carbocycles. The van der Waals surface area contributed by atoms with E-state index in [1.54, 1.807) is 53.7 Å². The van der Waals surface area contributed by atoms with E-state index in [2.05, 4.69) is 10.3 Å². The lowest BCUT2D eigenvalue weighted by Gasteiger charge is -2.34. The first-order chi connectivity index (χ1) is 12.8. The first-order valence-corrected chi connectivity index (χ1v) is 9.18. The highest BCUT2D eigenvalue weighted by atomic mass is 16.6. The summed E-state index contributed by atoms with van der Waals surface area (Å²) in [5.41, 5.74) is -0.633. The monoisotopic (exact) mass is 391 g/mol. The summed E-state index contributed by atoms with van der Waals surface area (Å²) in [6.45, 7) is 11.2. The Morgan fingerprint density at radius 1 is 1.07 bits per heavy atom. The molecule has 8 nitrogen and oxygen atoms in total. The van der Waals surface area contributed by atoms with Crippen molar-refractivity contribution in [1.82, 2.24) is 10.2 Å². The molecule has 0 bridgehead atoms. The Labute approximate surface area is 165 Å². The van der Waals surface area contributed by atoms with Crippen molar-refractivity contribution in [2.45, 2.75) is 58.8 Å². The third-order valence-electron chi connectivity index (χ3n) is 3.58. The number of aliphatic imine (C=N–C) groups is 1. The fraction of sp³-hybridized carbons (Fsp3) is 0.550. The number of rotatable bonds is 2. The van der Waals surface area contributed by atoms with E-state index < -0.39 is 29.4 Å². The van der Waals surface area contributed by atoms with Gasteiger partial charge in [-0.15, -0.1) is 0 Å². The van der Waals surface area contributed by atoms with Crippen LogP contribution in [0.25, 0.3) is 0 Å². The number of phenolic OH excluding ortho intramolecular Hbond substituents is 1. The zero-order valence-electron chi connectivity index (χ0n) is 17.3. The number of hydrogen-bond acceptors (Lipinski definition) is 6. The minimum atomic E-state index is -0.678. The van der Waals surface area contributed by atoms with Gasteiger partial charge in [0.15, 0.2) is 0 Å². The molecular formula is C20H29N3O5. The van der Waals surface area contributed by atoms with Gasteiger partial charge in [-0.25, -0.2) is 9.59 Å². The summed E-state index contributed by atoms with van der Waals surface area (Å²) >= 11 is 0. The molecule has 1 atom stereocenters. The standard InChI is InChI=1S/C20H29N3O5/c1-19(2,3)27-17(25)22-14-11-21-16(13-7-9-15(24)10-8-13)23(12-14)18(26)28-20(4,5)6/h7-10,14,24H,11-12H2,1-6H3,(H,22,25). The molecule has 28 heavy (non-hydrogen) atoms. The van der Waals surface area contributed by atoms with Crippen molar-refractivity contribution in [2.75, 3.05) is 13.1 Å². The van der Waals surface area contributed by atoms with Gasteiger partial charge in [-0.05, 0) is 65.8 Å². The van der Waals surface area contributed by atoms with E-state index in [1.165, 1.54) is 17.0 Å². The van der Waals surface area contributed by atoms with Crippen molar-refractivity contribution < 1.29 is 24.2 Å². The second kappa shape index (κ2) is 8.08. The van der Waals surface area contributed by atoms with Crippen molar-refractivity contribution in [3.8, 4) is 5.75 Å². The van der Waals surface area contributed by atoms with Crippen LogP contribution in [0.2, 0.25) is 0 Å². The maximum Gasteiger partial charge on any atom is 0.416 e. The molecule has 1 aromatic rings. The predicted octanol–water partition coefficient (Wildman–Crippen LogP) is 3.28. The van der Waals surface area contributed by atoms with Crippen LogP contribution in [0.15, 0.2) is 29.3 Å². The average Bonchev–Trinajstić information content (AvgIpc) is 2.52. The van der Waals surface area contributed by atoms with Crippen LogP contribution < -0.4 is 5.32 Å². The molecule has 0 spiro atoms. The van der Waals surface area contributed by atoms with E-state index in [1.807, 2.05) is 0 Å². The number of benzene rings is 1. The summed E-state index contributed by atoms with van der Waals surface area (Å²) in [4.78, 5) is 30.7. The van der Waals surface area contributed by atoms with Crippen LogP contribution in [0.4, 0.5) is 9.59 Å². The van der Waals surface area contributed by atoms with Gasteiger partial charge in [-0.2, -0.15) is 0 Å². The van der Waals surface area contributed by atoms with Gasteiger partial charge in [0, 0.05) is 5.56 Å². The molecule has 2 N–H and O–H groups in total. The maximum atomic E-state index is 12.8. The lowest BCUT2D eigenvalue weighted by atomic mass is 10.1. The topological polar surface area (TPSA) is 100 Å². The zero-order valence-corrected chi connectivity index (χ0v) is 17.3. The normalized spacial score (nSPS) is 17.6. The van der Waals surface area contributed by atoms with Crippen LogP contribution in [0.3, 0.4) is 0 Å². The second-order valence-electron chi connectivity index (χ2n) is 8.65. The number of nitrogens with one attached hydrogen (secondary N) is 1. The van der Waals surface area contributed by atoms with Crippen LogP contribution in [0.5, 0.6) is 5.75 Å². The average molecular weight is 391 g/mol. The summed E-state index contributed by atoms with van der Waals surface area (Å²) in [6, 6.07) is 5.98. The van der Waals surface area contributed by atoms with E-state index in [0.29, 0.717) is 11.4 Å². The SMILES string of the molecule is CC(C)(C)OC(=O)NC1CN=C(c2ccc(O)cc2)N(C(=O)OC(C)(C)C)C1. The van der Waals surface area contributed by atoms with Crippen molar-refractivity contribution in [3.05, 3.63) is 29.8 Å². The minimum absolute atomic E-state index is 0.119. The van der Waals surface area contributed by atoms with Gasteiger partial charge in [0.2, 0.25) is 0 Å². The second-order valence-corrected chi connectivity index (χ2v) is 8.65. The van der Waals surface area contributed by atoms with Gasteiger partial charge in [0.25, 0.3) is 0 Å². The fourth-order valence-electron chi connectivity index (χ4n) is 2.55. The maximum absolute atomic E-state index is 12.8. The molecule has 1 heterocycles. The van der Waals surface area contributed by atoms with Gasteiger partial charge in [0.1, 0.15) is 22.8 Å². The third-order valence-corrected chi connectivity index (χ3v) is 3.58. The molecule has 1 aliphatic rings. The van der Waals surface area contributed by atoms with Gasteiger partial charge in [0.05, 0.1) is 19.1 Å². The summed E-state index contributed by atoms with van der Waals surface area (Å²) < 4.78 is 10.8. The molecule has 0 saturated carbocycles. The van der Waals surface area contributed by atoms with Crippen molar-refractivity contribution in [2.24, 2.45) is 4.99 Å². The molecule has 2 amide bonds. The summed E-state index contributed by atoms with van der Waals surface area (Å²) in [7, 11) is 0. The van der Waals surface area contributed by atoms with Crippen LogP contribution in [0.1, 0.15) is 47.1 Å². The van der Waals surface area contributed by atoms with Crippen molar-refractivity contribution in [3.63, 3.8) is 0 Å². The first-order valence-electron chi connectivity index (χ1n) is 9.18. The number of aromatic hydroxyl groups is 1. The lowest BCUT2D eigenvalue weighted by Crippen LogP contribution is -2.54. The number of alkyl carbamates (subject to hydrolysis) is 1. The molecule has 8 heteroatoms. The zero-order chi connectivity index (χ0) is 21.1. The smallest absolute Gasteiger partial charge is 0.416 e. The molecule has 1 unspecified atom stereocenters. The Hall–Kier alpha value is -2.77. The van der Waals surface area contributed by atoms with Crippen LogP contribution in [-0.2, 0) is 9.47 Å². The quantitative estimate of drug-likeness (QED) is 0.806. The number of hydrogen-bond donors (Lipinski definition) is 2. The number of carbonyl (C=O) groups excluding carboxylic acids is 2. The summed E-state index contributed by atoms with van der Waals surface area (Å²) in [5.74, 6) is 0.546. The number of ether oxygens (including phenoxy) is 2. The first kappa shape index (κ1) is 21.5. The molecular weight excluding hydrogens is 362 g/mol. The Balaban J connectivity index is 2.23. The predicted molar refractivity (Wildman–Crippen MR) is 106 cm³/mol. The molecule has 2 rings (SSSR count). The molecule has 0 aromatic heterocycles. The van der Waals surface area contributed by atoms with E-state index in [0.717, 1.165) is 0 Å². The number of amidine groups is 1. The van der Waals surface area contributed by atoms with Gasteiger partial charge >= 0.3 is 12.2 Å². The largest absolute Gasteiger partial charge is 0.508 e. The Morgan fingerprint density at radius 3 is 2.18 bits per heavy atom. The van der Waals surface area contributed by atoms with Crippen LogP contribution in [-0.4, -0.2) is 58.4 Å². The minimum Gasteiger partial charge on any atom is -0.508 e. The van der Waals surface area contributed by atoms with Crippen molar-refractivity contribution >= 4 is 18.0 Å².